The molecule has 0 fully saturated rings. The van der Waals surface area contributed by atoms with E-state index < -0.39 is 9.84 Å². The van der Waals surface area contributed by atoms with E-state index in [1.165, 1.54) is 12.3 Å². The molecule has 2 aromatic heterocycles. The number of aromatic nitrogens is 2. The lowest BCUT2D eigenvalue weighted by molar-refractivity contribution is 0.413. The summed E-state index contributed by atoms with van der Waals surface area (Å²) in [5, 5.41) is 13.3. The molecule has 148 valence electrons. The highest BCUT2D eigenvalue weighted by atomic mass is 79.9. The highest BCUT2D eigenvalue weighted by molar-refractivity contribution is 9.10. The first-order valence-corrected chi connectivity index (χ1v) is 11.4. The van der Waals surface area contributed by atoms with Gasteiger partial charge in [0.2, 0.25) is 0 Å². The molecule has 29 heavy (non-hydrogen) atoms. The Hall–Kier alpha value is -2.42. The number of rotatable bonds is 4. The van der Waals surface area contributed by atoms with Crippen molar-refractivity contribution < 1.29 is 12.9 Å². The summed E-state index contributed by atoms with van der Waals surface area (Å²) in [6.45, 7) is 1.93. The van der Waals surface area contributed by atoms with Gasteiger partial charge in [0.05, 0.1) is 26.8 Å². The molecule has 0 saturated carbocycles. The number of nitrogens with zero attached hydrogens (tertiary/aromatic N) is 2. The molecule has 0 aliphatic heterocycles. The number of hydrogen-bond acceptors (Lipinski definition) is 5. The molecule has 0 unspecified atom stereocenters. The summed E-state index contributed by atoms with van der Waals surface area (Å²) in [6.07, 6.45) is 1.34. The number of benzene rings is 2. The largest absolute Gasteiger partial charge is 0.364 e. The van der Waals surface area contributed by atoms with Crippen LogP contribution in [0.15, 0.2) is 68.7 Å². The van der Waals surface area contributed by atoms with Crippen molar-refractivity contribution in [1.29, 1.82) is 5.41 Å². The van der Waals surface area contributed by atoms with Gasteiger partial charge in [0.1, 0.15) is 17.5 Å². The minimum absolute atomic E-state index is 0.183. The number of fused-ring (bicyclic) bond motifs is 1. The van der Waals surface area contributed by atoms with Gasteiger partial charge in [-0.3, -0.25) is 9.98 Å². The fraction of sp³-hybridized carbons (Fsp3) is 0.100. The zero-order chi connectivity index (χ0) is 20.8. The van der Waals surface area contributed by atoms with E-state index in [9.17, 15) is 8.42 Å². The molecule has 0 radical (unpaired) electrons. The average molecular weight is 493 g/mol. The summed E-state index contributed by atoms with van der Waals surface area (Å²) in [4.78, 5) is 0.183. The monoisotopic (exact) mass is 491 g/mol. The Morgan fingerprint density at radius 1 is 1.17 bits per heavy atom. The molecule has 0 amide bonds. The molecule has 1 N–H and O–H groups in total. The van der Waals surface area contributed by atoms with E-state index in [-0.39, 0.29) is 16.1 Å². The predicted molar refractivity (Wildman–Crippen MR) is 114 cm³/mol. The number of nitrogens with one attached hydrogen (secondary N) is 1. The lowest BCUT2D eigenvalue weighted by Gasteiger charge is -2.16. The number of hydrogen-bond donors (Lipinski definition) is 1. The second-order valence-electron chi connectivity index (χ2n) is 6.58. The molecule has 0 aliphatic carbocycles. The lowest BCUT2D eigenvalue weighted by atomic mass is 10.1. The summed E-state index contributed by atoms with van der Waals surface area (Å²) >= 11 is 9.69. The van der Waals surface area contributed by atoms with Crippen LogP contribution in [0.2, 0.25) is 5.02 Å². The summed E-state index contributed by atoms with van der Waals surface area (Å²) in [6, 6.07) is 13.4. The molecule has 9 heteroatoms. The molecule has 2 aromatic carbocycles. The van der Waals surface area contributed by atoms with Crippen LogP contribution in [0.4, 0.5) is 0 Å². The highest BCUT2D eigenvalue weighted by Crippen LogP contribution is 2.30. The molecular weight excluding hydrogens is 478 g/mol. The second kappa shape index (κ2) is 7.44. The third-order valence-corrected chi connectivity index (χ3v) is 7.41. The van der Waals surface area contributed by atoms with Gasteiger partial charge in [0.15, 0.2) is 9.84 Å². The van der Waals surface area contributed by atoms with E-state index in [4.69, 9.17) is 21.5 Å². The van der Waals surface area contributed by atoms with Gasteiger partial charge in [0, 0.05) is 10.5 Å². The topological polar surface area (TPSA) is 89.0 Å². The quantitative estimate of drug-likeness (QED) is 0.443. The van der Waals surface area contributed by atoms with Gasteiger partial charge in [-0.15, -0.1) is 0 Å². The SMILES string of the molecule is Cc1cc(Br)c(Cl)cc1-n1c(=N)ccc2cc(S(=O)(=O)Cc3ccon3)ccc21. The molecular formula is C20H15BrClN3O3S. The van der Waals surface area contributed by atoms with Crippen LogP contribution in [-0.2, 0) is 15.6 Å². The average Bonchev–Trinajstić information content (AvgIpc) is 3.17. The lowest BCUT2D eigenvalue weighted by Crippen LogP contribution is -2.18. The summed E-state index contributed by atoms with van der Waals surface area (Å²) in [5.41, 5.74) is 3.00. The van der Waals surface area contributed by atoms with E-state index in [2.05, 4.69) is 21.1 Å². The number of sulfone groups is 1. The van der Waals surface area contributed by atoms with Crippen molar-refractivity contribution in [2.45, 2.75) is 17.6 Å². The van der Waals surface area contributed by atoms with Crippen LogP contribution in [0.1, 0.15) is 11.3 Å². The van der Waals surface area contributed by atoms with Gasteiger partial charge in [-0.1, -0.05) is 16.8 Å². The Kier molecular flexibility index (Phi) is 5.10. The van der Waals surface area contributed by atoms with Crippen LogP contribution >= 0.6 is 27.5 Å². The molecule has 4 aromatic rings. The first-order chi connectivity index (χ1) is 13.8. The minimum Gasteiger partial charge on any atom is -0.364 e. The zero-order valence-electron chi connectivity index (χ0n) is 15.2. The van der Waals surface area contributed by atoms with Crippen molar-refractivity contribution in [1.82, 2.24) is 9.72 Å². The van der Waals surface area contributed by atoms with Crippen LogP contribution < -0.4 is 5.49 Å². The number of pyridine rings is 1. The Morgan fingerprint density at radius 3 is 2.69 bits per heavy atom. The number of halogens is 2. The van der Waals surface area contributed by atoms with E-state index in [0.717, 1.165) is 15.7 Å². The van der Waals surface area contributed by atoms with Crippen molar-refractivity contribution in [3.8, 4) is 5.69 Å². The second-order valence-corrected chi connectivity index (χ2v) is 9.83. The van der Waals surface area contributed by atoms with Crippen molar-refractivity contribution in [2.75, 3.05) is 0 Å². The minimum atomic E-state index is -3.59. The van der Waals surface area contributed by atoms with Gasteiger partial charge in [-0.25, -0.2) is 8.42 Å². The Bertz CT molecular complexity index is 1400. The first-order valence-electron chi connectivity index (χ1n) is 8.55. The van der Waals surface area contributed by atoms with Crippen molar-refractivity contribution in [2.24, 2.45) is 0 Å². The summed E-state index contributed by atoms with van der Waals surface area (Å²) in [7, 11) is -3.59. The summed E-state index contributed by atoms with van der Waals surface area (Å²) in [5.74, 6) is -0.243. The number of aryl methyl sites for hydroxylation is 1. The molecule has 2 heterocycles. The predicted octanol–water partition coefficient (Wildman–Crippen LogP) is 4.80. The van der Waals surface area contributed by atoms with Crippen LogP contribution in [0.5, 0.6) is 0 Å². The highest BCUT2D eigenvalue weighted by Gasteiger charge is 2.18. The van der Waals surface area contributed by atoms with Gasteiger partial charge in [-0.2, -0.15) is 0 Å². The molecule has 4 rings (SSSR count). The maximum absolute atomic E-state index is 12.8. The van der Waals surface area contributed by atoms with E-state index in [0.29, 0.717) is 21.6 Å². The molecule has 0 bridgehead atoms. The van der Waals surface area contributed by atoms with E-state index >= 15 is 0 Å². The van der Waals surface area contributed by atoms with Gasteiger partial charge >= 0.3 is 0 Å². The fourth-order valence-electron chi connectivity index (χ4n) is 3.16. The van der Waals surface area contributed by atoms with E-state index in [1.54, 1.807) is 41.0 Å². The zero-order valence-corrected chi connectivity index (χ0v) is 18.3. The molecule has 0 atom stereocenters. The third-order valence-electron chi connectivity index (χ3n) is 4.57. The van der Waals surface area contributed by atoms with Crippen molar-refractivity contribution in [3.63, 3.8) is 0 Å². The van der Waals surface area contributed by atoms with Crippen LogP contribution in [-0.4, -0.2) is 18.1 Å². The maximum Gasteiger partial charge on any atom is 0.184 e. The van der Waals surface area contributed by atoms with Crippen LogP contribution in [0.25, 0.3) is 16.6 Å². The Balaban J connectivity index is 1.88. The van der Waals surface area contributed by atoms with Crippen molar-refractivity contribution in [3.05, 3.63) is 81.0 Å². The smallest absolute Gasteiger partial charge is 0.184 e. The summed E-state index contributed by atoms with van der Waals surface area (Å²) < 4.78 is 32.7. The van der Waals surface area contributed by atoms with Crippen LogP contribution in [0.3, 0.4) is 0 Å². The normalized spacial score (nSPS) is 11.8. The van der Waals surface area contributed by atoms with Crippen molar-refractivity contribution >= 4 is 48.3 Å². The van der Waals surface area contributed by atoms with Gasteiger partial charge < -0.3 is 4.52 Å². The molecule has 0 saturated heterocycles. The Morgan fingerprint density at radius 2 is 1.97 bits per heavy atom. The van der Waals surface area contributed by atoms with Gasteiger partial charge in [0.25, 0.3) is 0 Å². The molecule has 6 nitrogen and oxygen atoms in total. The third kappa shape index (κ3) is 3.75. The first kappa shape index (κ1) is 19.9. The van der Waals surface area contributed by atoms with Crippen LogP contribution in [0, 0.1) is 12.3 Å². The van der Waals surface area contributed by atoms with Gasteiger partial charge in [-0.05, 0) is 76.3 Å². The Labute approximate surface area is 180 Å². The maximum atomic E-state index is 12.8. The fourth-order valence-corrected chi connectivity index (χ4v) is 5.07. The molecule has 0 aliphatic rings. The van der Waals surface area contributed by atoms with E-state index in [1.807, 2.05) is 13.0 Å². The standard InChI is InChI=1S/C20H15BrClN3O3S/c1-12-8-16(21)17(22)10-19(12)25-18-4-3-15(9-13(18)2-5-20(25)23)29(26,27)11-14-6-7-28-24-14/h2-10,23H,11H2,1H3. The molecule has 0 spiro atoms.